The van der Waals surface area contributed by atoms with Crippen molar-refractivity contribution >= 4 is 0 Å². The molecule has 0 N–H and O–H groups in total. The van der Waals surface area contributed by atoms with Gasteiger partial charge in [0, 0.05) is 51.0 Å². The second kappa shape index (κ2) is 7.73. The molecule has 0 bridgehead atoms. The maximum atomic E-state index is 13.8. The van der Waals surface area contributed by atoms with Gasteiger partial charge in [0.15, 0.2) is 0 Å². The Labute approximate surface area is 139 Å². The molecule has 0 unspecified atom stereocenters. The first-order valence-electron chi connectivity index (χ1n) is 8.93. The Hall–Kier alpha value is -0.970. The molecule has 23 heavy (non-hydrogen) atoms. The number of hydrogen-bond donors (Lipinski definition) is 0. The van der Waals surface area contributed by atoms with Gasteiger partial charge in [0.2, 0.25) is 0 Å². The average molecular weight is 320 g/mol. The quantitative estimate of drug-likeness (QED) is 0.748. The van der Waals surface area contributed by atoms with Crippen molar-refractivity contribution in [3.63, 3.8) is 0 Å². The van der Waals surface area contributed by atoms with Crippen LogP contribution in [0.15, 0.2) is 24.3 Å². The smallest absolute Gasteiger partial charge is 0.127 e. The number of piperidine rings is 1. The molecule has 0 aromatic heterocycles. The van der Waals surface area contributed by atoms with E-state index >= 15 is 0 Å². The summed E-state index contributed by atoms with van der Waals surface area (Å²) in [5, 5.41) is 0. The molecule has 0 aliphatic carbocycles. The Bertz CT molecular complexity index is 500. The van der Waals surface area contributed by atoms with Gasteiger partial charge in [-0.1, -0.05) is 18.2 Å². The summed E-state index contributed by atoms with van der Waals surface area (Å²) in [6.45, 7) is 6.14. The highest BCUT2D eigenvalue weighted by atomic mass is 19.1. The minimum absolute atomic E-state index is 0.0742. The van der Waals surface area contributed by atoms with Gasteiger partial charge in [-0.15, -0.1) is 0 Å². The van der Waals surface area contributed by atoms with Crippen LogP contribution in [0.2, 0.25) is 0 Å². The third-order valence-electron chi connectivity index (χ3n) is 5.66. The molecule has 3 nitrogen and oxygen atoms in total. The molecule has 1 spiro atoms. The summed E-state index contributed by atoms with van der Waals surface area (Å²) in [7, 11) is 1.78. The van der Waals surface area contributed by atoms with Crippen LogP contribution in [-0.2, 0) is 11.3 Å². The van der Waals surface area contributed by atoms with Crippen molar-refractivity contribution < 1.29 is 9.13 Å². The lowest BCUT2D eigenvalue weighted by atomic mass is 9.84. The summed E-state index contributed by atoms with van der Waals surface area (Å²) in [5.74, 6) is -0.0742. The molecular weight excluding hydrogens is 291 g/mol. The number of hydrogen-bond acceptors (Lipinski definition) is 3. The van der Waals surface area contributed by atoms with Crippen LogP contribution < -0.4 is 0 Å². The second-order valence-corrected chi connectivity index (χ2v) is 7.03. The number of likely N-dealkylation sites (tertiary alicyclic amines) is 2. The van der Waals surface area contributed by atoms with Gasteiger partial charge in [-0.05, 0) is 44.7 Å². The molecular formula is C19H29FN2O. The van der Waals surface area contributed by atoms with E-state index in [-0.39, 0.29) is 5.82 Å². The Balaban J connectivity index is 1.54. The summed E-state index contributed by atoms with van der Waals surface area (Å²) in [6, 6.07) is 7.17. The van der Waals surface area contributed by atoms with Crippen LogP contribution in [0.5, 0.6) is 0 Å². The van der Waals surface area contributed by atoms with Crippen molar-refractivity contribution in [2.45, 2.75) is 44.2 Å². The monoisotopic (exact) mass is 320 g/mol. The van der Waals surface area contributed by atoms with Crippen LogP contribution in [0.4, 0.5) is 4.39 Å². The van der Waals surface area contributed by atoms with Gasteiger partial charge >= 0.3 is 0 Å². The van der Waals surface area contributed by atoms with Gasteiger partial charge in [-0.2, -0.15) is 0 Å². The first kappa shape index (κ1) is 16.9. The maximum Gasteiger partial charge on any atom is 0.127 e. The maximum absolute atomic E-state index is 13.8. The molecule has 0 radical (unpaired) electrons. The van der Waals surface area contributed by atoms with Gasteiger partial charge < -0.3 is 4.74 Å². The van der Waals surface area contributed by atoms with E-state index in [1.54, 1.807) is 19.2 Å². The molecule has 0 atom stereocenters. The fourth-order valence-electron chi connectivity index (χ4n) is 4.30. The lowest BCUT2D eigenvalue weighted by Crippen LogP contribution is -2.52. The predicted molar refractivity (Wildman–Crippen MR) is 90.9 cm³/mol. The molecule has 2 fully saturated rings. The van der Waals surface area contributed by atoms with E-state index in [2.05, 4.69) is 9.80 Å². The van der Waals surface area contributed by atoms with Gasteiger partial charge in [0.1, 0.15) is 5.82 Å². The number of benzene rings is 1. The summed E-state index contributed by atoms with van der Waals surface area (Å²) in [6.07, 6.45) is 6.20. The zero-order chi connectivity index (χ0) is 16.1. The molecule has 2 saturated heterocycles. The summed E-state index contributed by atoms with van der Waals surface area (Å²) in [5.41, 5.74) is 1.23. The van der Waals surface area contributed by atoms with Crippen molar-refractivity contribution in [2.75, 3.05) is 39.9 Å². The van der Waals surface area contributed by atoms with Crippen LogP contribution in [-0.4, -0.2) is 55.2 Å². The highest BCUT2D eigenvalue weighted by molar-refractivity contribution is 5.17. The molecule has 0 amide bonds. The average Bonchev–Trinajstić information content (AvgIpc) is 2.95. The Morgan fingerprint density at radius 2 is 1.91 bits per heavy atom. The van der Waals surface area contributed by atoms with E-state index < -0.39 is 0 Å². The molecule has 1 aromatic carbocycles. The van der Waals surface area contributed by atoms with Crippen molar-refractivity contribution in [2.24, 2.45) is 0 Å². The fourth-order valence-corrected chi connectivity index (χ4v) is 4.30. The zero-order valence-electron chi connectivity index (χ0n) is 14.3. The fraction of sp³-hybridized carbons (Fsp3) is 0.684. The number of nitrogens with zero attached hydrogens (tertiary/aromatic N) is 2. The van der Waals surface area contributed by atoms with Gasteiger partial charge in [-0.3, -0.25) is 9.80 Å². The number of rotatable bonds is 6. The Morgan fingerprint density at radius 3 is 2.65 bits per heavy atom. The first-order chi connectivity index (χ1) is 11.2. The third kappa shape index (κ3) is 3.93. The first-order valence-corrected chi connectivity index (χ1v) is 8.93. The van der Waals surface area contributed by atoms with E-state index in [9.17, 15) is 4.39 Å². The van der Waals surface area contributed by atoms with Crippen molar-refractivity contribution in [3.8, 4) is 0 Å². The molecule has 3 rings (SSSR count). The highest BCUT2D eigenvalue weighted by Crippen LogP contribution is 2.38. The standard InChI is InChI=1S/C19H29FN2O/c1-23-15-5-12-22-11-4-8-19(22)9-13-21(14-10-19)16-17-6-2-3-7-18(17)20/h2-3,6-7H,4-5,8-16H2,1H3. The summed E-state index contributed by atoms with van der Waals surface area (Å²) >= 11 is 0. The van der Waals surface area contributed by atoms with Gasteiger partial charge in [-0.25, -0.2) is 4.39 Å². The lowest BCUT2D eigenvalue weighted by molar-refractivity contribution is 0.0440. The van der Waals surface area contributed by atoms with Crippen molar-refractivity contribution in [3.05, 3.63) is 35.6 Å². The van der Waals surface area contributed by atoms with E-state index in [0.717, 1.165) is 44.8 Å². The van der Waals surface area contributed by atoms with Gasteiger partial charge in [0.05, 0.1) is 0 Å². The van der Waals surface area contributed by atoms with Crippen LogP contribution in [0, 0.1) is 5.82 Å². The predicted octanol–water partition coefficient (Wildman–Crippen LogP) is 3.29. The van der Waals surface area contributed by atoms with Crippen LogP contribution in [0.3, 0.4) is 0 Å². The topological polar surface area (TPSA) is 15.7 Å². The molecule has 2 aliphatic heterocycles. The third-order valence-corrected chi connectivity index (χ3v) is 5.66. The molecule has 2 aliphatic rings. The SMILES string of the molecule is COCCCN1CCCC12CCN(Cc1ccccc1F)CC2. The number of halogens is 1. The van der Waals surface area contributed by atoms with Gasteiger partial charge in [0.25, 0.3) is 0 Å². The number of ether oxygens (including phenoxy) is 1. The van der Waals surface area contributed by atoms with Crippen LogP contribution in [0.25, 0.3) is 0 Å². The van der Waals surface area contributed by atoms with Crippen molar-refractivity contribution in [1.82, 2.24) is 9.80 Å². The van der Waals surface area contributed by atoms with E-state index in [1.165, 1.54) is 32.2 Å². The van der Waals surface area contributed by atoms with Crippen LogP contribution >= 0.6 is 0 Å². The lowest BCUT2D eigenvalue weighted by Gasteiger charge is -2.45. The normalized spacial score (nSPS) is 22.0. The molecule has 128 valence electrons. The zero-order valence-corrected chi connectivity index (χ0v) is 14.3. The molecule has 2 heterocycles. The minimum atomic E-state index is -0.0742. The summed E-state index contributed by atoms with van der Waals surface area (Å²) < 4.78 is 19.0. The Morgan fingerprint density at radius 1 is 1.13 bits per heavy atom. The van der Waals surface area contributed by atoms with Crippen LogP contribution in [0.1, 0.15) is 37.7 Å². The minimum Gasteiger partial charge on any atom is -0.385 e. The van der Waals surface area contributed by atoms with E-state index in [4.69, 9.17) is 4.74 Å². The molecule has 0 saturated carbocycles. The molecule has 1 aromatic rings. The Kier molecular flexibility index (Phi) is 5.67. The second-order valence-electron chi connectivity index (χ2n) is 7.03. The largest absolute Gasteiger partial charge is 0.385 e. The highest BCUT2D eigenvalue weighted by Gasteiger charge is 2.42. The summed E-state index contributed by atoms with van der Waals surface area (Å²) in [4.78, 5) is 5.11. The van der Waals surface area contributed by atoms with Crippen molar-refractivity contribution in [1.29, 1.82) is 0 Å². The molecule has 4 heteroatoms. The van der Waals surface area contributed by atoms with E-state index in [1.807, 2.05) is 12.1 Å². The van der Waals surface area contributed by atoms with E-state index in [0.29, 0.717) is 5.54 Å². The number of methoxy groups -OCH3 is 1.